The third-order valence-corrected chi connectivity index (χ3v) is 5.66. The van der Waals surface area contributed by atoms with Crippen LogP contribution < -0.4 is 5.73 Å². The number of aryl methyl sites for hydroxylation is 3. The minimum Gasteiger partial charge on any atom is -0.326 e. The Morgan fingerprint density at radius 1 is 1.29 bits per heavy atom. The topological polar surface area (TPSA) is 43.8 Å². The van der Waals surface area contributed by atoms with Gasteiger partial charge in [-0.1, -0.05) is 12.1 Å². The Hall–Kier alpha value is -1.65. The van der Waals surface area contributed by atoms with Gasteiger partial charge >= 0.3 is 0 Å². The van der Waals surface area contributed by atoms with Crippen LogP contribution in [-0.4, -0.2) is 9.55 Å². The van der Waals surface area contributed by atoms with Crippen molar-refractivity contribution in [2.75, 3.05) is 0 Å². The van der Waals surface area contributed by atoms with Gasteiger partial charge in [-0.25, -0.2) is 4.98 Å². The van der Waals surface area contributed by atoms with Crippen LogP contribution in [0.1, 0.15) is 28.8 Å². The summed E-state index contributed by atoms with van der Waals surface area (Å²) in [6, 6.07) is 8.61. The number of hydrogen-bond donors (Lipinski definition) is 1. The predicted octanol–water partition coefficient (Wildman–Crippen LogP) is 3.64. The van der Waals surface area contributed by atoms with Crippen molar-refractivity contribution >= 4 is 22.4 Å². The van der Waals surface area contributed by atoms with Gasteiger partial charge in [-0.05, 0) is 48.9 Å². The second-order valence-electron chi connectivity index (χ2n) is 5.75. The molecular weight excluding hydrogens is 278 g/mol. The molecular formula is C17H19N3S. The zero-order valence-electron chi connectivity index (χ0n) is 12.2. The van der Waals surface area contributed by atoms with Crippen molar-refractivity contribution < 1.29 is 0 Å². The fourth-order valence-corrected chi connectivity index (χ4v) is 4.54. The van der Waals surface area contributed by atoms with Gasteiger partial charge in [0.1, 0.15) is 0 Å². The molecule has 0 unspecified atom stereocenters. The number of nitrogens with two attached hydrogens (primary N) is 1. The van der Waals surface area contributed by atoms with Gasteiger partial charge in [-0.3, -0.25) is 0 Å². The molecule has 2 heterocycles. The van der Waals surface area contributed by atoms with Crippen LogP contribution in [0.3, 0.4) is 0 Å². The third kappa shape index (κ3) is 2.01. The summed E-state index contributed by atoms with van der Waals surface area (Å²) in [6.45, 7) is 0.536. The largest absolute Gasteiger partial charge is 0.326 e. The number of para-hydroxylation sites is 1. The van der Waals surface area contributed by atoms with Gasteiger partial charge in [0.2, 0.25) is 0 Å². The molecule has 3 aromatic rings. The van der Waals surface area contributed by atoms with Crippen LogP contribution in [0.25, 0.3) is 21.7 Å². The zero-order chi connectivity index (χ0) is 14.4. The van der Waals surface area contributed by atoms with E-state index in [-0.39, 0.29) is 0 Å². The summed E-state index contributed by atoms with van der Waals surface area (Å²) in [5.74, 6) is 1.07. The molecule has 3 nitrogen and oxygen atoms in total. The Balaban J connectivity index is 1.90. The van der Waals surface area contributed by atoms with E-state index in [1.165, 1.54) is 41.6 Å². The lowest BCUT2D eigenvalue weighted by molar-refractivity contribution is 0.697. The Morgan fingerprint density at radius 2 is 2.14 bits per heavy atom. The highest BCUT2D eigenvalue weighted by atomic mass is 32.1. The first-order valence-corrected chi connectivity index (χ1v) is 8.36. The lowest BCUT2D eigenvalue weighted by atomic mass is 9.99. The number of fused-ring (bicyclic) bond motifs is 2. The number of imidazole rings is 1. The lowest BCUT2D eigenvalue weighted by Gasteiger charge is -2.08. The summed E-state index contributed by atoms with van der Waals surface area (Å²) in [5, 5.41) is 0. The van der Waals surface area contributed by atoms with Crippen molar-refractivity contribution in [1.29, 1.82) is 0 Å². The molecule has 4 heteroatoms. The average molecular weight is 297 g/mol. The summed E-state index contributed by atoms with van der Waals surface area (Å²) in [6.07, 6.45) is 5.11. The van der Waals surface area contributed by atoms with Crippen molar-refractivity contribution in [3.63, 3.8) is 0 Å². The summed E-state index contributed by atoms with van der Waals surface area (Å²) >= 11 is 1.92. The molecule has 4 rings (SSSR count). The van der Waals surface area contributed by atoms with E-state index in [0.717, 1.165) is 16.9 Å². The average Bonchev–Trinajstić information content (AvgIpc) is 3.08. The molecule has 1 aliphatic carbocycles. The van der Waals surface area contributed by atoms with E-state index in [0.29, 0.717) is 6.54 Å². The molecule has 0 spiro atoms. The minimum absolute atomic E-state index is 0.536. The number of thiophene rings is 1. The quantitative estimate of drug-likeness (QED) is 0.785. The van der Waals surface area contributed by atoms with Crippen LogP contribution in [0.4, 0.5) is 0 Å². The van der Waals surface area contributed by atoms with E-state index in [9.17, 15) is 0 Å². The smallest absolute Gasteiger partial charge is 0.151 e. The van der Waals surface area contributed by atoms with E-state index in [2.05, 4.69) is 35.9 Å². The molecule has 0 aliphatic heterocycles. The first-order chi connectivity index (χ1) is 10.3. The van der Waals surface area contributed by atoms with Crippen LogP contribution in [-0.2, 0) is 26.4 Å². The molecule has 0 amide bonds. The highest BCUT2D eigenvalue weighted by molar-refractivity contribution is 7.15. The summed E-state index contributed by atoms with van der Waals surface area (Å²) in [7, 11) is 2.10. The number of benzene rings is 1. The van der Waals surface area contributed by atoms with Gasteiger partial charge < -0.3 is 10.3 Å². The van der Waals surface area contributed by atoms with Gasteiger partial charge in [-0.15, -0.1) is 11.3 Å². The number of nitrogens with zero attached hydrogens (tertiary/aromatic N) is 2. The van der Waals surface area contributed by atoms with Crippen molar-refractivity contribution in [3.05, 3.63) is 40.3 Å². The molecule has 0 saturated carbocycles. The third-order valence-electron chi connectivity index (χ3n) is 4.43. The molecule has 0 radical (unpaired) electrons. The summed E-state index contributed by atoms with van der Waals surface area (Å²) < 4.78 is 2.20. The first-order valence-electron chi connectivity index (χ1n) is 7.54. The van der Waals surface area contributed by atoms with Crippen molar-refractivity contribution in [2.24, 2.45) is 12.8 Å². The minimum atomic E-state index is 0.536. The monoisotopic (exact) mass is 297 g/mol. The number of hydrogen-bond acceptors (Lipinski definition) is 3. The van der Waals surface area contributed by atoms with Crippen LogP contribution >= 0.6 is 11.3 Å². The molecule has 0 saturated heterocycles. The Bertz CT molecular complexity index is 789. The molecule has 1 aromatic carbocycles. The normalized spacial score (nSPS) is 14.6. The van der Waals surface area contributed by atoms with Crippen molar-refractivity contribution in [3.8, 4) is 10.7 Å². The van der Waals surface area contributed by atoms with E-state index < -0.39 is 0 Å². The highest BCUT2D eigenvalue weighted by Gasteiger charge is 2.18. The first kappa shape index (κ1) is 13.0. The van der Waals surface area contributed by atoms with Crippen LogP contribution in [0.5, 0.6) is 0 Å². The molecule has 2 aromatic heterocycles. The lowest BCUT2D eigenvalue weighted by Crippen LogP contribution is -1.97. The molecule has 108 valence electrons. The van der Waals surface area contributed by atoms with Gasteiger partial charge in [0.15, 0.2) is 5.82 Å². The molecule has 0 fully saturated rings. The van der Waals surface area contributed by atoms with E-state index >= 15 is 0 Å². The second kappa shape index (κ2) is 4.97. The Labute approximate surface area is 128 Å². The summed E-state index contributed by atoms with van der Waals surface area (Å²) in [4.78, 5) is 7.74. The fraction of sp³-hybridized carbons (Fsp3) is 0.353. The van der Waals surface area contributed by atoms with Gasteiger partial charge in [0, 0.05) is 18.5 Å². The fourth-order valence-electron chi connectivity index (χ4n) is 3.26. The maximum Gasteiger partial charge on any atom is 0.151 e. The SMILES string of the molecule is Cn1c(-c2cc3c(s2)CCCC3)nc2c(CN)cccc21. The van der Waals surface area contributed by atoms with Crippen LogP contribution in [0, 0.1) is 0 Å². The van der Waals surface area contributed by atoms with Gasteiger partial charge in [0.05, 0.1) is 15.9 Å². The standard InChI is InChI=1S/C17H19N3S/c1-20-13-7-4-6-12(10-18)16(13)19-17(20)15-9-11-5-2-3-8-14(11)21-15/h4,6-7,9H,2-3,5,8,10,18H2,1H3. The maximum atomic E-state index is 5.85. The van der Waals surface area contributed by atoms with Crippen LogP contribution in [0.2, 0.25) is 0 Å². The van der Waals surface area contributed by atoms with E-state index in [1.54, 1.807) is 4.88 Å². The number of rotatable bonds is 2. The second-order valence-corrected chi connectivity index (χ2v) is 6.89. The van der Waals surface area contributed by atoms with E-state index in [4.69, 9.17) is 10.7 Å². The highest BCUT2D eigenvalue weighted by Crippen LogP contribution is 2.36. The maximum absolute atomic E-state index is 5.85. The van der Waals surface area contributed by atoms with Crippen molar-refractivity contribution in [1.82, 2.24) is 9.55 Å². The molecule has 0 atom stereocenters. The summed E-state index contributed by atoms with van der Waals surface area (Å²) in [5.41, 5.74) is 10.7. The molecule has 1 aliphatic rings. The molecule has 0 bridgehead atoms. The number of aromatic nitrogens is 2. The molecule has 21 heavy (non-hydrogen) atoms. The molecule has 2 N–H and O–H groups in total. The van der Waals surface area contributed by atoms with Gasteiger partial charge in [-0.2, -0.15) is 0 Å². The van der Waals surface area contributed by atoms with Crippen LogP contribution in [0.15, 0.2) is 24.3 Å². The Kier molecular flexibility index (Phi) is 3.08. The zero-order valence-corrected chi connectivity index (χ0v) is 13.0. The van der Waals surface area contributed by atoms with Crippen molar-refractivity contribution in [2.45, 2.75) is 32.2 Å². The predicted molar refractivity (Wildman–Crippen MR) is 88.6 cm³/mol. The Morgan fingerprint density at radius 3 is 2.95 bits per heavy atom. The van der Waals surface area contributed by atoms with E-state index in [1.807, 2.05) is 11.3 Å². The van der Waals surface area contributed by atoms with Gasteiger partial charge in [0.25, 0.3) is 0 Å².